The smallest absolute Gasteiger partial charge is 0.215 e. The van der Waals surface area contributed by atoms with E-state index >= 15 is 0 Å². The van der Waals surface area contributed by atoms with Crippen molar-refractivity contribution in [3.05, 3.63) is 35.6 Å². The number of halogens is 2. The molecule has 0 saturated heterocycles. The van der Waals surface area contributed by atoms with Crippen molar-refractivity contribution < 1.29 is 12.8 Å². The van der Waals surface area contributed by atoms with E-state index < -0.39 is 15.6 Å². The topological polar surface area (TPSA) is 72.2 Å². The van der Waals surface area contributed by atoms with Crippen LogP contribution < -0.4 is 10.5 Å². The van der Waals surface area contributed by atoms with Crippen LogP contribution in [0.15, 0.2) is 24.3 Å². The lowest BCUT2D eigenvalue weighted by molar-refractivity contribution is 0.391. The first kappa shape index (κ1) is 19.3. The predicted octanol–water partition coefficient (Wildman–Crippen LogP) is 2.18. The monoisotopic (exact) mass is 324 g/mol. The van der Waals surface area contributed by atoms with Crippen molar-refractivity contribution in [2.24, 2.45) is 5.73 Å². The second-order valence-corrected chi connectivity index (χ2v) is 6.58. The van der Waals surface area contributed by atoms with Crippen LogP contribution in [0, 0.1) is 5.82 Å². The zero-order valence-corrected chi connectivity index (χ0v) is 13.4. The van der Waals surface area contributed by atoms with Crippen LogP contribution in [0.5, 0.6) is 0 Å². The Morgan fingerprint density at radius 3 is 2.15 bits per heavy atom. The molecule has 0 aliphatic heterocycles. The molecule has 3 N–H and O–H groups in total. The molecule has 0 atom stereocenters. The third-order valence-corrected chi connectivity index (χ3v) is 4.62. The zero-order valence-electron chi connectivity index (χ0n) is 11.7. The van der Waals surface area contributed by atoms with Crippen LogP contribution in [0.1, 0.15) is 32.3 Å². The number of sulfonamides is 1. The van der Waals surface area contributed by atoms with Crippen molar-refractivity contribution in [3.8, 4) is 0 Å². The Hall–Kier alpha value is -0.690. The van der Waals surface area contributed by atoms with Crippen molar-refractivity contribution in [2.75, 3.05) is 6.54 Å². The molecule has 1 aromatic carbocycles. The minimum atomic E-state index is -3.45. The molecule has 0 saturated carbocycles. The Morgan fingerprint density at radius 2 is 1.70 bits per heavy atom. The Morgan fingerprint density at radius 1 is 1.20 bits per heavy atom. The molecule has 7 heteroatoms. The molecule has 0 unspecified atom stereocenters. The first-order chi connectivity index (χ1) is 8.80. The fraction of sp³-hybridized carbons (Fsp3) is 0.538. The molecule has 0 aliphatic carbocycles. The molecular weight excluding hydrogens is 303 g/mol. The molecule has 20 heavy (non-hydrogen) atoms. The van der Waals surface area contributed by atoms with Crippen molar-refractivity contribution >= 4 is 22.4 Å². The Kier molecular flexibility index (Phi) is 7.65. The summed E-state index contributed by atoms with van der Waals surface area (Å²) < 4.78 is 39.1. The van der Waals surface area contributed by atoms with Gasteiger partial charge in [-0.15, -0.1) is 12.4 Å². The van der Waals surface area contributed by atoms with E-state index in [1.165, 1.54) is 24.3 Å². The first-order valence-corrected chi connectivity index (χ1v) is 7.96. The van der Waals surface area contributed by atoms with Crippen LogP contribution >= 0.6 is 12.4 Å². The van der Waals surface area contributed by atoms with E-state index in [0.717, 1.165) is 0 Å². The molecule has 4 nitrogen and oxygen atoms in total. The van der Waals surface area contributed by atoms with E-state index in [9.17, 15) is 12.8 Å². The molecule has 0 heterocycles. The summed E-state index contributed by atoms with van der Waals surface area (Å²) in [6.07, 6.45) is 1.39. The molecule has 0 aliphatic rings. The fourth-order valence-electron chi connectivity index (χ4n) is 1.60. The van der Waals surface area contributed by atoms with Crippen LogP contribution in [0.25, 0.3) is 0 Å². The van der Waals surface area contributed by atoms with Crippen LogP contribution in [-0.4, -0.2) is 20.5 Å². The van der Waals surface area contributed by atoms with E-state index in [1.54, 1.807) is 0 Å². The van der Waals surface area contributed by atoms with Gasteiger partial charge < -0.3 is 5.73 Å². The van der Waals surface area contributed by atoms with E-state index in [4.69, 9.17) is 5.73 Å². The number of nitrogens with two attached hydrogens (primary N) is 1. The highest BCUT2D eigenvalue weighted by molar-refractivity contribution is 7.88. The number of rotatable bonds is 7. The maximum Gasteiger partial charge on any atom is 0.215 e. The van der Waals surface area contributed by atoms with Gasteiger partial charge >= 0.3 is 0 Å². The lowest BCUT2D eigenvalue weighted by Crippen LogP contribution is -2.49. The van der Waals surface area contributed by atoms with E-state index in [-0.39, 0.29) is 30.5 Å². The Balaban J connectivity index is 0.00000361. The number of nitrogens with one attached hydrogen (secondary N) is 1. The third kappa shape index (κ3) is 6.17. The summed E-state index contributed by atoms with van der Waals surface area (Å²) in [5.74, 6) is -0.552. The minimum Gasteiger partial charge on any atom is -0.324 e. The van der Waals surface area contributed by atoms with Gasteiger partial charge in [-0.3, -0.25) is 0 Å². The quantitative estimate of drug-likeness (QED) is 0.807. The highest BCUT2D eigenvalue weighted by atomic mass is 35.5. The molecule has 0 spiro atoms. The molecule has 0 fully saturated rings. The van der Waals surface area contributed by atoms with Gasteiger partial charge in [-0.1, -0.05) is 26.0 Å². The van der Waals surface area contributed by atoms with Gasteiger partial charge in [0.25, 0.3) is 0 Å². The van der Waals surface area contributed by atoms with Crippen LogP contribution in [-0.2, 0) is 15.8 Å². The maximum atomic E-state index is 12.7. The summed E-state index contributed by atoms with van der Waals surface area (Å²) in [6, 6.07) is 5.42. The van der Waals surface area contributed by atoms with Gasteiger partial charge in [0.1, 0.15) is 5.82 Å². The second-order valence-electron chi connectivity index (χ2n) is 4.78. The lowest BCUT2D eigenvalue weighted by Gasteiger charge is -2.26. The summed E-state index contributed by atoms with van der Waals surface area (Å²) in [6.45, 7) is 4.07. The van der Waals surface area contributed by atoms with Crippen molar-refractivity contribution in [1.29, 1.82) is 0 Å². The van der Waals surface area contributed by atoms with Gasteiger partial charge in [-0.05, 0) is 30.5 Å². The van der Waals surface area contributed by atoms with Gasteiger partial charge in [0, 0.05) is 12.1 Å². The van der Waals surface area contributed by atoms with Crippen molar-refractivity contribution in [2.45, 2.75) is 38.0 Å². The highest BCUT2D eigenvalue weighted by Gasteiger charge is 2.23. The summed E-state index contributed by atoms with van der Waals surface area (Å²) in [5.41, 5.74) is 6.07. The average molecular weight is 325 g/mol. The largest absolute Gasteiger partial charge is 0.324 e. The van der Waals surface area contributed by atoms with E-state index in [1.807, 2.05) is 13.8 Å². The Labute approximate surface area is 126 Å². The standard InChI is InChI=1S/C13H21FN2O2S.ClH/c1-3-13(15,4-2)10-16-19(17,18)9-11-5-7-12(14)8-6-11;/h5-8,16H,3-4,9-10,15H2,1-2H3;1H. The lowest BCUT2D eigenvalue weighted by atomic mass is 9.95. The van der Waals surface area contributed by atoms with Gasteiger partial charge in [0.2, 0.25) is 10.0 Å². The number of benzene rings is 1. The predicted molar refractivity (Wildman–Crippen MR) is 81.8 cm³/mol. The molecule has 1 rings (SSSR count). The summed E-state index contributed by atoms with van der Waals surface area (Å²) in [7, 11) is -3.45. The van der Waals surface area contributed by atoms with Gasteiger partial charge in [-0.25, -0.2) is 17.5 Å². The van der Waals surface area contributed by atoms with Crippen molar-refractivity contribution in [3.63, 3.8) is 0 Å². The van der Waals surface area contributed by atoms with Crippen LogP contribution in [0.3, 0.4) is 0 Å². The van der Waals surface area contributed by atoms with Gasteiger partial charge in [-0.2, -0.15) is 0 Å². The molecule has 0 aromatic heterocycles. The summed E-state index contributed by atoms with van der Waals surface area (Å²) in [5, 5.41) is 0. The van der Waals surface area contributed by atoms with Crippen molar-refractivity contribution in [1.82, 2.24) is 4.72 Å². The van der Waals surface area contributed by atoms with Gasteiger partial charge in [0.05, 0.1) is 5.75 Å². The maximum absolute atomic E-state index is 12.7. The van der Waals surface area contributed by atoms with Crippen LogP contribution in [0.4, 0.5) is 4.39 Å². The molecule has 0 radical (unpaired) electrons. The highest BCUT2D eigenvalue weighted by Crippen LogP contribution is 2.11. The Bertz CT molecular complexity index is 502. The first-order valence-electron chi connectivity index (χ1n) is 6.31. The minimum absolute atomic E-state index is 0. The molecular formula is C13H22ClFN2O2S. The van der Waals surface area contributed by atoms with E-state index in [0.29, 0.717) is 18.4 Å². The van der Waals surface area contributed by atoms with Gasteiger partial charge in [0.15, 0.2) is 0 Å². The molecule has 1 aromatic rings. The number of hydrogen-bond acceptors (Lipinski definition) is 3. The average Bonchev–Trinajstić information content (AvgIpc) is 2.39. The molecule has 0 bridgehead atoms. The molecule has 116 valence electrons. The SMILES string of the molecule is CCC(N)(CC)CNS(=O)(=O)Cc1ccc(F)cc1.Cl. The fourth-order valence-corrected chi connectivity index (χ4v) is 2.85. The normalized spacial score (nSPS) is 12.0. The zero-order chi connectivity index (χ0) is 14.5. The van der Waals surface area contributed by atoms with Crippen LogP contribution in [0.2, 0.25) is 0 Å². The molecule has 0 amide bonds. The summed E-state index contributed by atoms with van der Waals surface area (Å²) in [4.78, 5) is 0. The third-order valence-electron chi connectivity index (χ3n) is 3.32. The van der Waals surface area contributed by atoms with E-state index in [2.05, 4.69) is 4.72 Å². The number of hydrogen-bond donors (Lipinski definition) is 2. The second kappa shape index (κ2) is 7.93. The summed E-state index contributed by atoms with van der Waals surface area (Å²) >= 11 is 0.